The molecule has 1 aliphatic heterocycles. The molecule has 148 valence electrons. The lowest BCUT2D eigenvalue weighted by Gasteiger charge is -2.10. The minimum absolute atomic E-state index is 0.0270. The minimum atomic E-state index is -0.736. The van der Waals surface area contributed by atoms with Gasteiger partial charge in [0.2, 0.25) is 5.90 Å². The van der Waals surface area contributed by atoms with Crippen LogP contribution in [0.3, 0.4) is 0 Å². The molecule has 0 amide bonds. The van der Waals surface area contributed by atoms with E-state index in [0.29, 0.717) is 17.9 Å². The standard InChI is InChI=1S/C20H16N2O7/c1-3-27-18-11-13(8-9-17(18)28-12(2)23)10-15-20(24)29-19(21-15)14-6-4-5-7-16(14)22(25)26/h4-11H,3H2,1-2H3/b15-10-. The van der Waals surface area contributed by atoms with Crippen molar-refractivity contribution >= 4 is 29.6 Å². The maximum absolute atomic E-state index is 12.2. The van der Waals surface area contributed by atoms with Crippen molar-refractivity contribution in [2.75, 3.05) is 6.61 Å². The van der Waals surface area contributed by atoms with Crippen LogP contribution in [-0.2, 0) is 14.3 Å². The highest BCUT2D eigenvalue weighted by atomic mass is 16.6. The van der Waals surface area contributed by atoms with Gasteiger partial charge in [0, 0.05) is 13.0 Å². The molecule has 1 aliphatic rings. The van der Waals surface area contributed by atoms with Crippen LogP contribution in [-0.4, -0.2) is 29.4 Å². The van der Waals surface area contributed by atoms with Gasteiger partial charge in [-0.05, 0) is 36.8 Å². The zero-order valence-electron chi connectivity index (χ0n) is 15.6. The number of rotatable bonds is 6. The summed E-state index contributed by atoms with van der Waals surface area (Å²) in [6.07, 6.45) is 1.45. The van der Waals surface area contributed by atoms with Gasteiger partial charge in [0.25, 0.3) is 5.69 Å². The first kappa shape index (κ1) is 19.7. The van der Waals surface area contributed by atoms with E-state index in [1.165, 1.54) is 37.3 Å². The molecule has 0 saturated heterocycles. The van der Waals surface area contributed by atoms with E-state index >= 15 is 0 Å². The molecule has 0 unspecified atom stereocenters. The Hall–Kier alpha value is -4.01. The number of nitrogens with zero attached hydrogens (tertiary/aromatic N) is 2. The zero-order chi connectivity index (χ0) is 21.0. The molecule has 0 bridgehead atoms. The third-order valence-corrected chi connectivity index (χ3v) is 3.78. The van der Waals surface area contributed by atoms with E-state index in [0.717, 1.165) is 0 Å². The second-order valence-electron chi connectivity index (χ2n) is 5.84. The van der Waals surface area contributed by atoms with Crippen molar-refractivity contribution in [2.45, 2.75) is 13.8 Å². The predicted molar refractivity (Wildman–Crippen MR) is 103 cm³/mol. The normalized spacial score (nSPS) is 14.3. The largest absolute Gasteiger partial charge is 0.490 e. The number of esters is 2. The molecule has 0 aromatic heterocycles. The third kappa shape index (κ3) is 4.46. The summed E-state index contributed by atoms with van der Waals surface area (Å²) < 4.78 is 15.7. The molecule has 0 N–H and O–H groups in total. The fourth-order valence-electron chi connectivity index (χ4n) is 2.62. The van der Waals surface area contributed by atoms with E-state index < -0.39 is 16.9 Å². The third-order valence-electron chi connectivity index (χ3n) is 3.78. The molecule has 2 aromatic rings. The number of nitro benzene ring substituents is 1. The van der Waals surface area contributed by atoms with E-state index in [1.807, 2.05) is 0 Å². The minimum Gasteiger partial charge on any atom is -0.490 e. The number of hydrogen-bond acceptors (Lipinski definition) is 8. The van der Waals surface area contributed by atoms with Gasteiger partial charge in [-0.3, -0.25) is 14.9 Å². The number of cyclic esters (lactones) is 1. The Bertz CT molecular complexity index is 1060. The molecule has 0 spiro atoms. The Kier molecular flexibility index (Phi) is 5.68. The first-order chi connectivity index (χ1) is 13.9. The molecule has 3 rings (SSSR count). The van der Waals surface area contributed by atoms with Gasteiger partial charge in [0.1, 0.15) is 5.56 Å². The van der Waals surface area contributed by atoms with Gasteiger partial charge in [-0.25, -0.2) is 9.79 Å². The van der Waals surface area contributed by atoms with Gasteiger partial charge in [0.15, 0.2) is 17.2 Å². The molecule has 9 nitrogen and oxygen atoms in total. The number of carbonyl (C=O) groups excluding carboxylic acids is 2. The summed E-state index contributed by atoms with van der Waals surface area (Å²) in [5, 5.41) is 11.2. The van der Waals surface area contributed by atoms with Crippen LogP contribution in [0.25, 0.3) is 6.08 Å². The molecule has 0 fully saturated rings. The van der Waals surface area contributed by atoms with E-state index in [2.05, 4.69) is 4.99 Å². The monoisotopic (exact) mass is 396 g/mol. The van der Waals surface area contributed by atoms with Crippen LogP contribution in [0.5, 0.6) is 11.5 Å². The van der Waals surface area contributed by atoms with E-state index in [1.54, 1.807) is 25.1 Å². The number of ether oxygens (including phenoxy) is 3. The predicted octanol–water partition coefficient (Wildman–Crippen LogP) is 3.26. The second-order valence-corrected chi connectivity index (χ2v) is 5.84. The van der Waals surface area contributed by atoms with Crippen LogP contribution in [0.1, 0.15) is 25.0 Å². The fourth-order valence-corrected chi connectivity index (χ4v) is 2.62. The van der Waals surface area contributed by atoms with Crippen molar-refractivity contribution < 1.29 is 28.7 Å². The lowest BCUT2D eigenvalue weighted by Crippen LogP contribution is -2.07. The highest BCUT2D eigenvalue weighted by Gasteiger charge is 2.29. The molecular weight excluding hydrogens is 380 g/mol. The van der Waals surface area contributed by atoms with Gasteiger partial charge in [0.05, 0.1) is 11.5 Å². The molecule has 0 saturated carbocycles. The summed E-state index contributed by atoms with van der Waals surface area (Å²) in [5.74, 6) is -0.795. The number of aliphatic imine (C=N–C) groups is 1. The topological polar surface area (TPSA) is 117 Å². The summed E-state index contributed by atoms with van der Waals surface area (Å²) in [4.78, 5) is 38.1. The highest BCUT2D eigenvalue weighted by Crippen LogP contribution is 2.31. The van der Waals surface area contributed by atoms with Crippen LogP contribution in [0.2, 0.25) is 0 Å². The van der Waals surface area contributed by atoms with Crippen LogP contribution in [0.15, 0.2) is 53.2 Å². The molecule has 29 heavy (non-hydrogen) atoms. The van der Waals surface area contributed by atoms with E-state index in [9.17, 15) is 19.7 Å². The van der Waals surface area contributed by atoms with Crippen LogP contribution >= 0.6 is 0 Å². The lowest BCUT2D eigenvalue weighted by atomic mass is 10.1. The smallest absolute Gasteiger partial charge is 0.363 e. The SMILES string of the molecule is CCOc1cc(/C=C2\N=C(c3ccccc3[N+](=O)[O-])OC2=O)ccc1OC(C)=O. The molecular formula is C20H16N2O7. The van der Waals surface area contributed by atoms with Gasteiger partial charge in [-0.15, -0.1) is 0 Å². The van der Waals surface area contributed by atoms with Crippen molar-refractivity contribution in [1.29, 1.82) is 0 Å². The molecule has 1 heterocycles. The van der Waals surface area contributed by atoms with Crippen molar-refractivity contribution in [3.05, 3.63) is 69.4 Å². The van der Waals surface area contributed by atoms with E-state index in [4.69, 9.17) is 14.2 Å². The number of nitro groups is 1. The van der Waals surface area contributed by atoms with Crippen molar-refractivity contribution in [2.24, 2.45) is 4.99 Å². The number of hydrogen-bond donors (Lipinski definition) is 0. The maximum Gasteiger partial charge on any atom is 0.363 e. The van der Waals surface area contributed by atoms with Crippen LogP contribution in [0.4, 0.5) is 5.69 Å². The Morgan fingerprint density at radius 3 is 2.69 bits per heavy atom. The first-order valence-corrected chi connectivity index (χ1v) is 8.60. The first-order valence-electron chi connectivity index (χ1n) is 8.60. The van der Waals surface area contributed by atoms with Crippen molar-refractivity contribution in [3.8, 4) is 11.5 Å². The molecule has 0 radical (unpaired) electrons. The number of benzene rings is 2. The molecule has 9 heteroatoms. The van der Waals surface area contributed by atoms with Crippen LogP contribution < -0.4 is 9.47 Å². The molecule has 0 aliphatic carbocycles. The average molecular weight is 396 g/mol. The lowest BCUT2D eigenvalue weighted by molar-refractivity contribution is -0.385. The average Bonchev–Trinajstić information content (AvgIpc) is 3.04. The van der Waals surface area contributed by atoms with Gasteiger partial charge in [-0.2, -0.15) is 0 Å². The summed E-state index contributed by atoms with van der Waals surface area (Å²) in [7, 11) is 0. The summed E-state index contributed by atoms with van der Waals surface area (Å²) in [5.41, 5.74) is 0.406. The van der Waals surface area contributed by atoms with Crippen LogP contribution in [0, 0.1) is 10.1 Å². The van der Waals surface area contributed by atoms with Crippen molar-refractivity contribution in [1.82, 2.24) is 0 Å². The summed E-state index contributed by atoms with van der Waals surface area (Å²) in [6.45, 7) is 3.40. The van der Waals surface area contributed by atoms with Gasteiger partial charge < -0.3 is 14.2 Å². The van der Waals surface area contributed by atoms with Gasteiger partial charge in [-0.1, -0.05) is 18.2 Å². The quantitative estimate of drug-likeness (QED) is 0.242. The van der Waals surface area contributed by atoms with E-state index in [-0.39, 0.29) is 28.6 Å². The number of para-hydroxylation sites is 1. The maximum atomic E-state index is 12.2. The van der Waals surface area contributed by atoms with Crippen molar-refractivity contribution in [3.63, 3.8) is 0 Å². The Morgan fingerprint density at radius 2 is 2.00 bits per heavy atom. The molecule has 2 aromatic carbocycles. The summed E-state index contributed by atoms with van der Waals surface area (Å²) >= 11 is 0. The van der Waals surface area contributed by atoms with Gasteiger partial charge >= 0.3 is 11.9 Å². The second kappa shape index (κ2) is 8.34. The Balaban J connectivity index is 1.96. The zero-order valence-corrected chi connectivity index (χ0v) is 15.6. The summed E-state index contributed by atoms with van der Waals surface area (Å²) in [6, 6.07) is 10.6. The Labute approximate surface area is 165 Å². The number of carbonyl (C=O) groups is 2. The molecule has 0 atom stereocenters. The Morgan fingerprint density at radius 1 is 1.24 bits per heavy atom. The fraction of sp³-hybridized carbons (Fsp3) is 0.150. The highest BCUT2D eigenvalue weighted by molar-refractivity contribution is 6.14.